The van der Waals surface area contributed by atoms with Gasteiger partial charge < -0.3 is 4.98 Å². The number of hydrazine groups is 1. The van der Waals surface area contributed by atoms with Crippen LogP contribution in [0.3, 0.4) is 0 Å². The summed E-state index contributed by atoms with van der Waals surface area (Å²) in [5.74, 6) is -0.441. The van der Waals surface area contributed by atoms with Crippen LogP contribution in [0, 0.1) is 0 Å². The van der Waals surface area contributed by atoms with E-state index in [0.29, 0.717) is 27.3 Å². The Morgan fingerprint density at radius 1 is 1.04 bits per heavy atom. The average molecular weight is 371 g/mol. The normalized spacial score (nSPS) is 10.5. The Kier molecular flexibility index (Phi) is 5.28. The van der Waals surface area contributed by atoms with E-state index >= 15 is 0 Å². The summed E-state index contributed by atoms with van der Waals surface area (Å²) in [4.78, 5) is 42.7. The number of amides is 2. The Balaban J connectivity index is 1.55. The molecule has 3 N–H and O–H groups in total. The molecule has 26 heavy (non-hydrogen) atoms. The van der Waals surface area contributed by atoms with Gasteiger partial charge in [-0.25, -0.2) is 4.98 Å². The summed E-state index contributed by atoms with van der Waals surface area (Å²) in [6.07, 6.45) is 0.297. The monoisotopic (exact) mass is 370 g/mol. The van der Waals surface area contributed by atoms with Gasteiger partial charge in [0.1, 0.15) is 5.82 Å². The number of nitrogens with one attached hydrogen (secondary N) is 3. The highest BCUT2D eigenvalue weighted by atomic mass is 35.5. The number of halogens is 1. The fourth-order valence-corrected chi connectivity index (χ4v) is 2.47. The fourth-order valence-electron chi connectivity index (χ4n) is 2.35. The van der Waals surface area contributed by atoms with Crippen LogP contribution in [0.2, 0.25) is 5.02 Å². The van der Waals surface area contributed by atoms with E-state index in [4.69, 9.17) is 11.6 Å². The van der Waals surface area contributed by atoms with Crippen LogP contribution in [0.25, 0.3) is 10.9 Å². The molecule has 0 unspecified atom stereocenters. The van der Waals surface area contributed by atoms with E-state index < -0.39 is 11.8 Å². The summed E-state index contributed by atoms with van der Waals surface area (Å²) in [6, 6.07) is 13.2. The molecule has 2 amide bonds. The molecular formula is C18H15ClN4O3. The molecule has 2 aromatic carbocycles. The lowest BCUT2D eigenvalue weighted by Gasteiger charge is -2.07. The van der Waals surface area contributed by atoms with Gasteiger partial charge in [-0.2, -0.15) is 0 Å². The SMILES string of the molecule is O=C(CCc1nc2ccccc2c(=O)[nH]1)NNC(=O)c1ccc(Cl)cc1. The van der Waals surface area contributed by atoms with Crippen molar-refractivity contribution in [2.24, 2.45) is 0 Å². The minimum Gasteiger partial charge on any atom is -0.310 e. The number of nitrogens with zero attached hydrogens (tertiary/aromatic N) is 1. The molecule has 0 saturated heterocycles. The summed E-state index contributed by atoms with van der Waals surface area (Å²) in [6.45, 7) is 0. The first-order valence-electron chi connectivity index (χ1n) is 7.85. The number of hydrogen-bond acceptors (Lipinski definition) is 4. The van der Waals surface area contributed by atoms with Crippen LogP contribution in [-0.2, 0) is 11.2 Å². The first-order valence-corrected chi connectivity index (χ1v) is 8.23. The van der Waals surface area contributed by atoms with Crippen LogP contribution < -0.4 is 16.4 Å². The molecule has 0 atom stereocenters. The maximum Gasteiger partial charge on any atom is 0.269 e. The highest BCUT2D eigenvalue weighted by molar-refractivity contribution is 6.30. The van der Waals surface area contributed by atoms with Gasteiger partial charge in [0.15, 0.2) is 0 Å². The summed E-state index contributed by atoms with van der Waals surface area (Å²) in [7, 11) is 0. The number of aromatic amines is 1. The number of benzene rings is 2. The lowest BCUT2D eigenvalue weighted by molar-refractivity contribution is -0.121. The second kappa shape index (κ2) is 7.79. The second-order valence-corrected chi connectivity index (χ2v) is 5.98. The molecule has 0 bridgehead atoms. The Bertz CT molecular complexity index is 1010. The zero-order chi connectivity index (χ0) is 18.5. The van der Waals surface area contributed by atoms with Crippen molar-refractivity contribution in [2.75, 3.05) is 0 Å². The summed E-state index contributed by atoms with van der Waals surface area (Å²) >= 11 is 5.76. The Morgan fingerprint density at radius 2 is 1.77 bits per heavy atom. The van der Waals surface area contributed by atoms with Gasteiger partial charge in [-0.1, -0.05) is 23.7 Å². The van der Waals surface area contributed by atoms with Crippen molar-refractivity contribution in [3.8, 4) is 0 Å². The summed E-state index contributed by atoms with van der Waals surface area (Å²) in [5, 5.41) is 1.01. The first-order chi connectivity index (χ1) is 12.5. The van der Waals surface area contributed by atoms with E-state index in [2.05, 4.69) is 20.8 Å². The topological polar surface area (TPSA) is 104 Å². The summed E-state index contributed by atoms with van der Waals surface area (Å²) in [5.41, 5.74) is 5.34. The van der Waals surface area contributed by atoms with E-state index in [-0.39, 0.29) is 18.4 Å². The molecule has 1 heterocycles. The maximum absolute atomic E-state index is 12.0. The van der Waals surface area contributed by atoms with E-state index in [1.54, 1.807) is 48.5 Å². The number of fused-ring (bicyclic) bond motifs is 1. The molecule has 7 nitrogen and oxygen atoms in total. The van der Waals surface area contributed by atoms with Gasteiger partial charge in [-0.15, -0.1) is 0 Å². The molecule has 0 fully saturated rings. The number of H-pyrrole nitrogens is 1. The molecule has 0 radical (unpaired) electrons. The predicted molar refractivity (Wildman–Crippen MR) is 97.7 cm³/mol. The third-order valence-corrected chi connectivity index (χ3v) is 3.92. The third-order valence-electron chi connectivity index (χ3n) is 3.67. The highest BCUT2D eigenvalue weighted by Crippen LogP contribution is 2.09. The lowest BCUT2D eigenvalue weighted by atomic mass is 10.2. The number of aromatic nitrogens is 2. The van der Waals surface area contributed by atoms with Crippen molar-refractivity contribution in [3.63, 3.8) is 0 Å². The molecule has 0 aliphatic heterocycles. The van der Waals surface area contributed by atoms with Crippen molar-refractivity contribution in [1.29, 1.82) is 0 Å². The smallest absolute Gasteiger partial charge is 0.269 e. The number of carbonyl (C=O) groups excluding carboxylic acids is 2. The van der Waals surface area contributed by atoms with Gasteiger partial charge >= 0.3 is 0 Å². The zero-order valence-electron chi connectivity index (χ0n) is 13.6. The molecule has 8 heteroatoms. The van der Waals surface area contributed by atoms with E-state index in [0.717, 1.165) is 0 Å². The van der Waals surface area contributed by atoms with Gasteiger partial charge in [0.25, 0.3) is 11.5 Å². The third kappa shape index (κ3) is 4.25. The molecule has 0 spiro atoms. The fraction of sp³-hybridized carbons (Fsp3) is 0.111. The summed E-state index contributed by atoms with van der Waals surface area (Å²) < 4.78 is 0. The predicted octanol–water partition coefficient (Wildman–Crippen LogP) is 1.97. The first kappa shape index (κ1) is 17.6. The molecule has 0 aliphatic carbocycles. The number of aryl methyl sites for hydroxylation is 1. The largest absolute Gasteiger partial charge is 0.310 e. The van der Waals surface area contributed by atoms with Gasteiger partial charge in [-0.3, -0.25) is 25.2 Å². The van der Waals surface area contributed by atoms with Crippen LogP contribution in [0.5, 0.6) is 0 Å². The van der Waals surface area contributed by atoms with Gasteiger partial charge in [0.2, 0.25) is 5.91 Å². The molecule has 3 rings (SSSR count). The minimum atomic E-state index is -0.452. The van der Waals surface area contributed by atoms with Crippen LogP contribution in [0.15, 0.2) is 53.3 Å². The number of carbonyl (C=O) groups is 2. The standard InChI is InChI=1S/C18H15ClN4O3/c19-12-7-5-11(6-8-12)17(25)23-22-16(24)10-9-15-20-14-4-2-1-3-13(14)18(26)21-15/h1-8H,9-10H2,(H,22,24)(H,23,25)(H,20,21,26). The second-order valence-electron chi connectivity index (χ2n) is 5.54. The molecule has 0 saturated carbocycles. The Labute approximate surface area is 153 Å². The van der Waals surface area contributed by atoms with Gasteiger partial charge in [-0.05, 0) is 36.4 Å². The molecule has 3 aromatic rings. The Morgan fingerprint density at radius 3 is 2.54 bits per heavy atom. The van der Waals surface area contributed by atoms with Crippen LogP contribution in [0.4, 0.5) is 0 Å². The van der Waals surface area contributed by atoms with Crippen LogP contribution in [-0.4, -0.2) is 21.8 Å². The van der Waals surface area contributed by atoms with E-state index in [9.17, 15) is 14.4 Å². The number of para-hydroxylation sites is 1. The van der Waals surface area contributed by atoms with Crippen LogP contribution >= 0.6 is 11.6 Å². The maximum atomic E-state index is 12.0. The van der Waals surface area contributed by atoms with Crippen molar-refractivity contribution in [2.45, 2.75) is 12.8 Å². The van der Waals surface area contributed by atoms with Gasteiger partial charge in [0, 0.05) is 23.4 Å². The van der Waals surface area contributed by atoms with Crippen molar-refractivity contribution in [1.82, 2.24) is 20.8 Å². The molecular weight excluding hydrogens is 356 g/mol. The van der Waals surface area contributed by atoms with Crippen molar-refractivity contribution in [3.05, 3.63) is 75.3 Å². The zero-order valence-corrected chi connectivity index (χ0v) is 14.3. The van der Waals surface area contributed by atoms with Crippen LogP contribution in [0.1, 0.15) is 22.6 Å². The van der Waals surface area contributed by atoms with Gasteiger partial charge in [0.05, 0.1) is 10.9 Å². The minimum absolute atomic E-state index is 0.0577. The van der Waals surface area contributed by atoms with E-state index in [1.165, 1.54) is 0 Å². The van der Waals surface area contributed by atoms with Crippen molar-refractivity contribution < 1.29 is 9.59 Å². The highest BCUT2D eigenvalue weighted by Gasteiger charge is 2.09. The number of hydrogen-bond donors (Lipinski definition) is 3. The number of rotatable bonds is 4. The molecule has 0 aliphatic rings. The van der Waals surface area contributed by atoms with E-state index in [1.807, 2.05) is 0 Å². The quantitative estimate of drug-likeness (QED) is 0.611. The average Bonchev–Trinajstić information content (AvgIpc) is 2.65. The Hall–Kier alpha value is -3.19. The lowest BCUT2D eigenvalue weighted by Crippen LogP contribution is -2.41. The molecule has 1 aromatic heterocycles. The van der Waals surface area contributed by atoms with Crippen molar-refractivity contribution >= 4 is 34.3 Å². The molecule has 132 valence electrons.